The van der Waals surface area contributed by atoms with Gasteiger partial charge in [0.15, 0.2) is 6.61 Å². The molecule has 2 rings (SSSR count). The summed E-state index contributed by atoms with van der Waals surface area (Å²) < 4.78 is 16.0. The van der Waals surface area contributed by atoms with E-state index in [2.05, 4.69) is 0 Å². The van der Waals surface area contributed by atoms with E-state index in [4.69, 9.17) is 14.2 Å². The molecule has 1 aliphatic heterocycles. The quantitative estimate of drug-likeness (QED) is 0.655. The second kappa shape index (κ2) is 9.30. The maximum atomic E-state index is 11.6. The lowest BCUT2D eigenvalue weighted by atomic mass is 10.1. The van der Waals surface area contributed by atoms with E-state index in [-0.39, 0.29) is 24.5 Å². The van der Waals surface area contributed by atoms with E-state index in [1.54, 1.807) is 19.1 Å². The Morgan fingerprint density at radius 2 is 2.04 bits per heavy atom. The monoisotopic (exact) mass is 320 g/mol. The number of aryl methyl sites for hydroxylation is 1. The summed E-state index contributed by atoms with van der Waals surface area (Å²) >= 11 is 0. The maximum absolute atomic E-state index is 11.6. The van der Waals surface area contributed by atoms with E-state index in [1.165, 1.54) is 0 Å². The second-order valence-electron chi connectivity index (χ2n) is 5.78. The van der Waals surface area contributed by atoms with Crippen LogP contribution >= 0.6 is 0 Å². The lowest BCUT2D eigenvalue weighted by Gasteiger charge is -2.10. The first-order valence-corrected chi connectivity index (χ1v) is 8.12. The van der Waals surface area contributed by atoms with Crippen molar-refractivity contribution in [2.24, 2.45) is 0 Å². The molecule has 0 N–H and O–H groups in total. The average molecular weight is 320 g/mol. The van der Waals surface area contributed by atoms with Crippen molar-refractivity contribution in [3.8, 4) is 5.75 Å². The molecular weight excluding hydrogens is 296 g/mol. The fourth-order valence-electron chi connectivity index (χ4n) is 2.43. The Bertz CT molecular complexity index is 503. The molecule has 0 unspecified atom stereocenters. The van der Waals surface area contributed by atoms with Gasteiger partial charge in [-0.05, 0) is 43.9 Å². The molecule has 5 nitrogen and oxygen atoms in total. The van der Waals surface area contributed by atoms with Crippen molar-refractivity contribution in [2.45, 2.75) is 45.1 Å². The summed E-state index contributed by atoms with van der Waals surface area (Å²) in [7, 11) is 0. The number of rotatable bonds is 9. The highest BCUT2D eigenvalue weighted by atomic mass is 16.6. The molecule has 5 heteroatoms. The summed E-state index contributed by atoms with van der Waals surface area (Å²) in [5.41, 5.74) is 1.08. The molecule has 1 aliphatic rings. The molecule has 0 aliphatic carbocycles. The van der Waals surface area contributed by atoms with Gasteiger partial charge in [-0.2, -0.15) is 0 Å². The molecule has 126 valence electrons. The molecule has 0 bridgehead atoms. The van der Waals surface area contributed by atoms with Gasteiger partial charge in [0.2, 0.25) is 0 Å². The molecule has 1 aromatic carbocycles. The van der Waals surface area contributed by atoms with Crippen molar-refractivity contribution >= 4 is 11.8 Å². The first-order valence-electron chi connectivity index (χ1n) is 8.12. The van der Waals surface area contributed by atoms with E-state index < -0.39 is 0 Å². The standard InChI is InChI=1S/C18H24O5/c1-14(19)4-5-15-6-8-17(9-7-15)23-13-18(20)22-12-10-16-3-2-11-21-16/h6-9,16H,2-5,10-13H2,1H3/t16-/m1/s1. The van der Waals surface area contributed by atoms with Crippen molar-refractivity contribution in [1.29, 1.82) is 0 Å². The van der Waals surface area contributed by atoms with Gasteiger partial charge in [-0.1, -0.05) is 12.1 Å². The number of carbonyl (C=O) groups excluding carboxylic acids is 2. The van der Waals surface area contributed by atoms with Crippen LogP contribution in [0.25, 0.3) is 0 Å². The van der Waals surface area contributed by atoms with Crippen LogP contribution in [-0.4, -0.2) is 37.7 Å². The first-order chi connectivity index (χ1) is 11.1. The minimum atomic E-state index is -0.372. The van der Waals surface area contributed by atoms with Gasteiger partial charge in [-0.15, -0.1) is 0 Å². The Hall–Kier alpha value is -1.88. The fourth-order valence-corrected chi connectivity index (χ4v) is 2.43. The third-order valence-corrected chi connectivity index (χ3v) is 3.77. The molecule has 0 saturated carbocycles. The third-order valence-electron chi connectivity index (χ3n) is 3.77. The molecule has 1 heterocycles. The van der Waals surface area contributed by atoms with Crippen LogP contribution in [0.2, 0.25) is 0 Å². The molecular formula is C18H24O5. The molecule has 1 fully saturated rings. The van der Waals surface area contributed by atoms with E-state index in [9.17, 15) is 9.59 Å². The maximum Gasteiger partial charge on any atom is 0.344 e. The highest BCUT2D eigenvalue weighted by molar-refractivity contribution is 5.75. The van der Waals surface area contributed by atoms with Crippen LogP contribution in [0.1, 0.15) is 38.2 Å². The van der Waals surface area contributed by atoms with Gasteiger partial charge in [0, 0.05) is 19.4 Å². The zero-order chi connectivity index (χ0) is 16.5. The van der Waals surface area contributed by atoms with Crippen molar-refractivity contribution in [1.82, 2.24) is 0 Å². The summed E-state index contributed by atoms with van der Waals surface area (Å²) in [5, 5.41) is 0. The zero-order valence-electron chi connectivity index (χ0n) is 13.6. The van der Waals surface area contributed by atoms with Gasteiger partial charge in [-0.25, -0.2) is 4.79 Å². The Kier molecular flexibility index (Phi) is 7.07. The highest BCUT2D eigenvalue weighted by Crippen LogP contribution is 2.15. The molecule has 1 saturated heterocycles. The van der Waals surface area contributed by atoms with Gasteiger partial charge in [-0.3, -0.25) is 0 Å². The van der Waals surface area contributed by atoms with Crippen LogP contribution in [0.15, 0.2) is 24.3 Å². The Morgan fingerprint density at radius 1 is 1.26 bits per heavy atom. The summed E-state index contributed by atoms with van der Waals surface area (Å²) in [5.74, 6) is 0.424. The van der Waals surface area contributed by atoms with E-state index in [0.717, 1.165) is 37.9 Å². The van der Waals surface area contributed by atoms with Crippen molar-refractivity contribution < 1.29 is 23.8 Å². The highest BCUT2D eigenvalue weighted by Gasteiger charge is 2.15. The van der Waals surface area contributed by atoms with Gasteiger partial charge in [0.05, 0.1) is 12.7 Å². The predicted octanol–water partition coefficient (Wildman–Crippen LogP) is 2.70. The van der Waals surface area contributed by atoms with E-state index >= 15 is 0 Å². The van der Waals surface area contributed by atoms with E-state index in [1.807, 2.05) is 12.1 Å². The second-order valence-corrected chi connectivity index (χ2v) is 5.78. The summed E-state index contributed by atoms with van der Waals surface area (Å²) in [6.45, 7) is 2.67. The van der Waals surface area contributed by atoms with Crippen LogP contribution < -0.4 is 4.74 Å². The Labute approximate surface area is 136 Å². The number of hydrogen-bond acceptors (Lipinski definition) is 5. The van der Waals surface area contributed by atoms with Crippen LogP contribution in [0.5, 0.6) is 5.75 Å². The summed E-state index contributed by atoms with van der Waals surface area (Å²) in [4.78, 5) is 22.6. The van der Waals surface area contributed by atoms with Gasteiger partial charge in [0.1, 0.15) is 11.5 Å². The van der Waals surface area contributed by atoms with Crippen molar-refractivity contribution in [3.05, 3.63) is 29.8 Å². The molecule has 1 atom stereocenters. The smallest absolute Gasteiger partial charge is 0.344 e. The molecule has 0 aromatic heterocycles. The number of ether oxygens (including phenoxy) is 3. The third kappa shape index (κ3) is 6.82. The largest absolute Gasteiger partial charge is 0.482 e. The topological polar surface area (TPSA) is 61.8 Å². The van der Waals surface area contributed by atoms with Gasteiger partial charge >= 0.3 is 5.97 Å². The van der Waals surface area contributed by atoms with Crippen LogP contribution in [-0.2, 0) is 25.5 Å². The Balaban J connectivity index is 1.62. The van der Waals surface area contributed by atoms with E-state index in [0.29, 0.717) is 18.8 Å². The van der Waals surface area contributed by atoms with Gasteiger partial charge in [0.25, 0.3) is 0 Å². The number of ketones is 1. The minimum absolute atomic E-state index is 0.0989. The number of esters is 1. The molecule has 0 amide bonds. The number of Topliss-reactive ketones (excluding diaryl/α,β-unsaturated/α-hetero) is 1. The number of benzene rings is 1. The Morgan fingerprint density at radius 3 is 2.70 bits per heavy atom. The zero-order valence-corrected chi connectivity index (χ0v) is 13.6. The van der Waals surface area contributed by atoms with Crippen LogP contribution in [0.4, 0.5) is 0 Å². The number of carbonyl (C=O) groups is 2. The minimum Gasteiger partial charge on any atom is -0.482 e. The SMILES string of the molecule is CC(=O)CCc1ccc(OCC(=O)OCC[C@H]2CCCO2)cc1. The summed E-state index contributed by atoms with van der Waals surface area (Å²) in [6, 6.07) is 7.41. The lowest BCUT2D eigenvalue weighted by molar-refractivity contribution is -0.146. The van der Waals surface area contributed by atoms with Gasteiger partial charge < -0.3 is 19.0 Å². The summed E-state index contributed by atoms with van der Waals surface area (Å²) in [6.07, 6.45) is 4.37. The normalized spacial score (nSPS) is 17.0. The molecule has 23 heavy (non-hydrogen) atoms. The molecule has 1 aromatic rings. The van der Waals surface area contributed by atoms with Crippen LogP contribution in [0, 0.1) is 0 Å². The average Bonchev–Trinajstić information content (AvgIpc) is 3.05. The van der Waals surface area contributed by atoms with Crippen LogP contribution in [0.3, 0.4) is 0 Å². The number of hydrogen-bond donors (Lipinski definition) is 0. The molecule has 0 spiro atoms. The van der Waals surface area contributed by atoms with Crippen molar-refractivity contribution in [2.75, 3.05) is 19.8 Å². The predicted molar refractivity (Wildman–Crippen MR) is 85.5 cm³/mol. The lowest BCUT2D eigenvalue weighted by Crippen LogP contribution is -2.18. The fraction of sp³-hybridized carbons (Fsp3) is 0.556. The van der Waals surface area contributed by atoms with Crippen molar-refractivity contribution in [3.63, 3.8) is 0 Å². The molecule has 0 radical (unpaired) electrons. The first kappa shape index (κ1) is 17.5.